The molecule has 0 radical (unpaired) electrons. The molecule has 3 atom stereocenters. The number of dihydropyridines is 1. The second-order valence-corrected chi connectivity index (χ2v) is 6.78. The summed E-state index contributed by atoms with van der Waals surface area (Å²) in [6, 6.07) is 10.9. The van der Waals surface area contributed by atoms with Crippen molar-refractivity contribution in [2.75, 3.05) is 5.75 Å². The molecule has 1 aromatic carbocycles. The number of thioether (sulfide) groups is 1. The van der Waals surface area contributed by atoms with Gasteiger partial charge >= 0.3 is 0 Å². The Balaban J connectivity index is 1.93. The van der Waals surface area contributed by atoms with Gasteiger partial charge in [-0.1, -0.05) is 49.4 Å². The summed E-state index contributed by atoms with van der Waals surface area (Å²) >= 11 is 2.00. The molecule has 1 spiro atoms. The fraction of sp³-hybridized carbons (Fsp3) is 0.278. The molecule has 1 fully saturated rings. The third-order valence-corrected chi connectivity index (χ3v) is 6.20. The largest absolute Gasteiger partial charge is 0.260 e. The van der Waals surface area contributed by atoms with Crippen molar-refractivity contribution >= 4 is 18.0 Å². The quantitative estimate of drug-likeness (QED) is 0.734. The van der Waals surface area contributed by atoms with Gasteiger partial charge in [-0.05, 0) is 28.5 Å². The molecule has 0 N–H and O–H groups in total. The summed E-state index contributed by atoms with van der Waals surface area (Å²) in [5.74, 6) is 2.19. The molecule has 20 heavy (non-hydrogen) atoms. The summed E-state index contributed by atoms with van der Waals surface area (Å²) in [6.45, 7) is 2.37. The van der Waals surface area contributed by atoms with Gasteiger partial charge in [-0.2, -0.15) is 0 Å². The highest BCUT2D eigenvalue weighted by Gasteiger charge is 2.54. The Labute approximate surface area is 124 Å². The van der Waals surface area contributed by atoms with Crippen LogP contribution < -0.4 is 0 Å². The van der Waals surface area contributed by atoms with Crippen molar-refractivity contribution < 1.29 is 0 Å². The van der Waals surface area contributed by atoms with Gasteiger partial charge in [-0.15, -0.1) is 11.8 Å². The van der Waals surface area contributed by atoms with E-state index < -0.39 is 0 Å². The first-order valence-electron chi connectivity index (χ1n) is 7.15. The molecule has 4 rings (SSSR count). The maximum atomic E-state index is 4.71. The van der Waals surface area contributed by atoms with Gasteiger partial charge < -0.3 is 0 Å². The number of allylic oxidation sites excluding steroid dienone is 5. The molecular formula is C18H17NS. The second-order valence-electron chi connectivity index (χ2n) is 5.72. The molecule has 1 aliphatic carbocycles. The Kier molecular flexibility index (Phi) is 2.74. The van der Waals surface area contributed by atoms with Gasteiger partial charge in [-0.25, -0.2) is 0 Å². The summed E-state index contributed by atoms with van der Waals surface area (Å²) in [5, 5.41) is 0. The predicted octanol–water partition coefficient (Wildman–Crippen LogP) is 4.56. The van der Waals surface area contributed by atoms with Gasteiger partial charge in [0.1, 0.15) is 0 Å². The zero-order valence-corrected chi connectivity index (χ0v) is 12.3. The van der Waals surface area contributed by atoms with Crippen LogP contribution in [0.2, 0.25) is 0 Å². The molecule has 0 aromatic heterocycles. The highest BCUT2D eigenvalue weighted by atomic mass is 32.2. The van der Waals surface area contributed by atoms with Crippen LogP contribution in [0.3, 0.4) is 0 Å². The molecule has 100 valence electrons. The standard InChI is InChI=1S/C18H17NS/c1-13-12-20-17-10-11-19-16-9-5-8-15(18(13,16)17)14-6-3-2-4-7-14/h2-11,13,15H,12H2,1H3. The van der Waals surface area contributed by atoms with Crippen molar-refractivity contribution in [1.29, 1.82) is 0 Å². The summed E-state index contributed by atoms with van der Waals surface area (Å²) in [6.07, 6.45) is 10.9. The fourth-order valence-corrected chi connectivity index (χ4v) is 5.33. The number of aliphatic imine (C=N–C) groups is 1. The Bertz CT molecular complexity index is 653. The van der Waals surface area contributed by atoms with Gasteiger partial charge in [-0.3, -0.25) is 4.99 Å². The lowest BCUT2D eigenvalue weighted by Gasteiger charge is -2.43. The first kappa shape index (κ1) is 12.2. The zero-order chi connectivity index (χ0) is 13.6. The molecule has 3 aliphatic rings. The van der Waals surface area contributed by atoms with Crippen molar-refractivity contribution in [3.63, 3.8) is 0 Å². The number of hydrogen-bond acceptors (Lipinski definition) is 2. The molecule has 3 unspecified atom stereocenters. The van der Waals surface area contributed by atoms with Crippen molar-refractivity contribution in [2.45, 2.75) is 12.8 Å². The van der Waals surface area contributed by atoms with Gasteiger partial charge in [0.05, 0.1) is 11.1 Å². The molecule has 2 heterocycles. The van der Waals surface area contributed by atoms with Crippen LogP contribution in [0.5, 0.6) is 0 Å². The van der Waals surface area contributed by atoms with E-state index >= 15 is 0 Å². The van der Waals surface area contributed by atoms with E-state index in [1.807, 2.05) is 18.0 Å². The van der Waals surface area contributed by atoms with Crippen LogP contribution in [0.1, 0.15) is 18.4 Å². The number of benzene rings is 1. The topological polar surface area (TPSA) is 12.4 Å². The molecule has 0 saturated carbocycles. The first-order chi connectivity index (χ1) is 9.83. The van der Waals surface area contributed by atoms with Crippen LogP contribution in [0.15, 0.2) is 70.2 Å². The van der Waals surface area contributed by atoms with Gasteiger partial charge in [0.2, 0.25) is 0 Å². The van der Waals surface area contributed by atoms with E-state index in [2.05, 4.69) is 61.6 Å². The maximum absolute atomic E-state index is 4.71. The molecule has 2 heteroatoms. The molecule has 2 aliphatic heterocycles. The summed E-state index contributed by atoms with van der Waals surface area (Å²) in [4.78, 5) is 6.20. The minimum absolute atomic E-state index is 0.0650. The third kappa shape index (κ3) is 1.49. The average molecular weight is 279 g/mol. The first-order valence-corrected chi connectivity index (χ1v) is 8.13. The number of hydrogen-bond donors (Lipinski definition) is 0. The van der Waals surface area contributed by atoms with Gasteiger partial charge in [0.15, 0.2) is 0 Å². The van der Waals surface area contributed by atoms with Crippen molar-refractivity contribution in [2.24, 2.45) is 16.3 Å². The summed E-state index contributed by atoms with van der Waals surface area (Å²) in [7, 11) is 0. The predicted molar refractivity (Wildman–Crippen MR) is 87.0 cm³/mol. The second kappa shape index (κ2) is 4.49. The summed E-state index contributed by atoms with van der Waals surface area (Å²) < 4.78 is 0. The number of nitrogens with zero attached hydrogens (tertiary/aromatic N) is 1. The third-order valence-electron chi connectivity index (χ3n) is 4.74. The smallest absolute Gasteiger partial charge is 0.0571 e. The Hall–Kier alpha value is -1.54. The van der Waals surface area contributed by atoms with E-state index in [4.69, 9.17) is 4.99 Å². The van der Waals surface area contributed by atoms with Crippen molar-refractivity contribution in [1.82, 2.24) is 0 Å². The number of rotatable bonds is 1. The molecule has 1 aromatic rings. The van der Waals surface area contributed by atoms with E-state index in [0.717, 1.165) is 0 Å². The molecule has 0 bridgehead atoms. The average Bonchev–Trinajstić information content (AvgIpc) is 2.84. The molecular weight excluding hydrogens is 262 g/mol. The summed E-state index contributed by atoms with van der Waals surface area (Å²) in [5.41, 5.74) is 2.70. The van der Waals surface area contributed by atoms with E-state index in [1.54, 1.807) is 0 Å². The monoisotopic (exact) mass is 279 g/mol. The van der Waals surface area contributed by atoms with Crippen LogP contribution in [0, 0.1) is 11.3 Å². The SMILES string of the molecule is CC1CSC2=CC=NC3=CC=CC(c4ccccc4)C321. The molecule has 1 nitrogen and oxygen atoms in total. The van der Waals surface area contributed by atoms with Gasteiger partial charge in [0, 0.05) is 17.9 Å². The van der Waals surface area contributed by atoms with E-state index in [9.17, 15) is 0 Å². The lowest BCUT2D eigenvalue weighted by molar-refractivity contribution is 0.294. The van der Waals surface area contributed by atoms with E-state index in [1.165, 1.54) is 21.9 Å². The van der Waals surface area contributed by atoms with Crippen molar-refractivity contribution in [3.8, 4) is 0 Å². The Morgan fingerprint density at radius 2 is 2.05 bits per heavy atom. The lowest BCUT2D eigenvalue weighted by atomic mass is 9.61. The minimum Gasteiger partial charge on any atom is -0.260 e. The Morgan fingerprint density at radius 3 is 2.90 bits per heavy atom. The maximum Gasteiger partial charge on any atom is 0.0571 e. The van der Waals surface area contributed by atoms with Crippen LogP contribution in [-0.2, 0) is 0 Å². The zero-order valence-electron chi connectivity index (χ0n) is 11.5. The van der Waals surface area contributed by atoms with Crippen LogP contribution in [0.4, 0.5) is 0 Å². The van der Waals surface area contributed by atoms with Crippen LogP contribution >= 0.6 is 11.8 Å². The minimum atomic E-state index is 0.0650. The lowest BCUT2D eigenvalue weighted by Crippen LogP contribution is -2.37. The highest BCUT2D eigenvalue weighted by Crippen LogP contribution is 2.64. The van der Waals surface area contributed by atoms with Crippen LogP contribution in [0.25, 0.3) is 0 Å². The molecule has 0 amide bonds. The van der Waals surface area contributed by atoms with E-state index in [-0.39, 0.29) is 5.41 Å². The highest BCUT2D eigenvalue weighted by molar-refractivity contribution is 8.03. The fourth-order valence-electron chi connectivity index (χ4n) is 3.81. The Morgan fingerprint density at radius 1 is 1.20 bits per heavy atom. The normalized spacial score (nSPS) is 34.2. The molecule has 1 saturated heterocycles. The van der Waals surface area contributed by atoms with E-state index in [0.29, 0.717) is 11.8 Å². The van der Waals surface area contributed by atoms with Gasteiger partial charge in [0.25, 0.3) is 0 Å². The van der Waals surface area contributed by atoms with Crippen molar-refractivity contribution in [3.05, 3.63) is 70.8 Å². The van der Waals surface area contributed by atoms with Crippen LogP contribution in [-0.4, -0.2) is 12.0 Å².